The van der Waals surface area contributed by atoms with Gasteiger partial charge in [-0.3, -0.25) is 4.98 Å². The number of halogens is 2. The van der Waals surface area contributed by atoms with E-state index in [2.05, 4.69) is 9.97 Å². The van der Waals surface area contributed by atoms with Crippen LogP contribution in [0.1, 0.15) is 2.74 Å². The lowest BCUT2D eigenvalue weighted by molar-refractivity contribution is 1.20. The molecule has 1 heterocycles. The number of hydrogen-bond acceptors (Lipinski definition) is 2. The Morgan fingerprint density at radius 3 is 2.25 bits per heavy atom. The van der Waals surface area contributed by atoms with E-state index in [1.54, 1.807) is 0 Å². The lowest BCUT2D eigenvalue weighted by Gasteiger charge is -1.85. The van der Waals surface area contributed by atoms with Crippen LogP contribution in [0.4, 0.5) is 0 Å². The van der Waals surface area contributed by atoms with Gasteiger partial charge in [0.15, 0.2) is 0 Å². The van der Waals surface area contributed by atoms with E-state index in [9.17, 15) is 0 Å². The monoisotopic (exact) mass is 150 g/mol. The van der Waals surface area contributed by atoms with Crippen LogP contribution in [0.5, 0.6) is 0 Å². The third-order valence-electron chi connectivity index (χ3n) is 0.493. The Morgan fingerprint density at radius 2 is 1.88 bits per heavy atom. The maximum Gasteiger partial charge on any atom is 0.149 e. The minimum atomic E-state index is -0.226. The molecule has 0 amide bonds. The van der Waals surface area contributed by atoms with Gasteiger partial charge >= 0.3 is 0 Å². The molecule has 0 aliphatic rings. The molecule has 1 aromatic heterocycles. The first-order chi connectivity index (χ1) is 4.61. The maximum absolute atomic E-state index is 6.97. The van der Waals surface area contributed by atoms with Gasteiger partial charge in [0, 0.05) is 0 Å². The van der Waals surface area contributed by atoms with Crippen LogP contribution in [0.25, 0.3) is 0 Å². The standard InChI is InChI=1S/C4H2Cl2N2/c5-3-1-7-2-4(6)8-3/h1-2H/i1D,2D. The summed E-state index contributed by atoms with van der Waals surface area (Å²) in [6.45, 7) is 0. The quantitative estimate of drug-likeness (QED) is 0.564. The second-order valence-corrected chi connectivity index (χ2v) is 1.74. The normalized spacial score (nSPS) is 12.8. The second-order valence-electron chi connectivity index (χ2n) is 1.03. The Bertz CT molecular complexity index is 215. The van der Waals surface area contributed by atoms with Crippen LogP contribution in [-0.4, -0.2) is 9.97 Å². The SMILES string of the molecule is [2H]c1nc([2H])c(Cl)nc1Cl. The zero-order valence-corrected chi connectivity index (χ0v) is 5.16. The smallest absolute Gasteiger partial charge is 0.149 e. The van der Waals surface area contributed by atoms with Gasteiger partial charge in [0.05, 0.1) is 15.1 Å². The topological polar surface area (TPSA) is 25.8 Å². The molecule has 8 heavy (non-hydrogen) atoms. The third-order valence-corrected chi connectivity index (χ3v) is 0.831. The number of rotatable bonds is 0. The summed E-state index contributed by atoms with van der Waals surface area (Å²) in [6.07, 6.45) is -0.452. The van der Waals surface area contributed by atoms with Crippen molar-refractivity contribution in [3.8, 4) is 0 Å². The molecular weight excluding hydrogens is 147 g/mol. The number of hydrogen-bond donors (Lipinski definition) is 0. The molecule has 0 atom stereocenters. The van der Waals surface area contributed by atoms with Gasteiger partial charge < -0.3 is 0 Å². The van der Waals surface area contributed by atoms with Crippen LogP contribution in [-0.2, 0) is 0 Å². The van der Waals surface area contributed by atoms with E-state index >= 15 is 0 Å². The Hall–Kier alpha value is -0.340. The van der Waals surface area contributed by atoms with E-state index in [0.717, 1.165) is 0 Å². The Morgan fingerprint density at radius 1 is 1.38 bits per heavy atom. The summed E-state index contributed by atoms with van der Waals surface area (Å²) in [5, 5.41) is -0.165. The van der Waals surface area contributed by atoms with Gasteiger partial charge in [-0.1, -0.05) is 23.2 Å². The number of aromatic nitrogens is 2. The first kappa shape index (κ1) is 3.64. The lowest BCUT2D eigenvalue weighted by Crippen LogP contribution is -1.76. The first-order valence-electron chi connectivity index (χ1n) is 2.77. The van der Waals surface area contributed by atoms with Gasteiger partial charge in [-0.2, -0.15) is 0 Å². The molecule has 0 unspecified atom stereocenters. The molecule has 0 spiro atoms. The molecule has 0 fully saturated rings. The fourth-order valence-corrected chi connectivity index (χ4v) is 0.553. The third kappa shape index (κ3) is 1.32. The molecule has 0 N–H and O–H groups in total. The van der Waals surface area contributed by atoms with Crippen LogP contribution >= 0.6 is 23.2 Å². The van der Waals surface area contributed by atoms with Crippen molar-refractivity contribution >= 4 is 23.2 Å². The largest absolute Gasteiger partial charge is 0.258 e. The van der Waals surface area contributed by atoms with E-state index < -0.39 is 0 Å². The fraction of sp³-hybridized carbons (Fsp3) is 0. The lowest BCUT2D eigenvalue weighted by atomic mass is 10.8. The molecule has 2 nitrogen and oxygen atoms in total. The predicted molar refractivity (Wildman–Crippen MR) is 32.1 cm³/mol. The second kappa shape index (κ2) is 2.29. The van der Waals surface area contributed by atoms with Crippen molar-refractivity contribution < 1.29 is 2.74 Å². The molecule has 0 saturated carbocycles. The highest BCUT2D eigenvalue weighted by Gasteiger charge is 1.87. The summed E-state index contributed by atoms with van der Waals surface area (Å²) in [5.41, 5.74) is 0. The van der Waals surface area contributed by atoms with Crippen molar-refractivity contribution in [3.05, 3.63) is 22.7 Å². The van der Waals surface area contributed by atoms with Crippen molar-refractivity contribution in [1.82, 2.24) is 9.97 Å². The van der Waals surface area contributed by atoms with Crippen LogP contribution in [0.2, 0.25) is 10.3 Å². The van der Waals surface area contributed by atoms with Gasteiger partial charge in [0.25, 0.3) is 0 Å². The van der Waals surface area contributed by atoms with Gasteiger partial charge in [-0.05, 0) is 0 Å². The molecule has 1 aromatic rings. The van der Waals surface area contributed by atoms with Gasteiger partial charge in [-0.25, -0.2) is 4.98 Å². The fourth-order valence-electron chi connectivity index (χ4n) is 0.256. The highest BCUT2D eigenvalue weighted by Crippen LogP contribution is 2.05. The minimum absolute atomic E-state index is 0.0824. The summed E-state index contributed by atoms with van der Waals surface area (Å²) >= 11 is 10.7. The van der Waals surface area contributed by atoms with Crippen LogP contribution in [0.3, 0.4) is 0 Å². The Labute approximate surface area is 59.3 Å². The summed E-state index contributed by atoms with van der Waals surface area (Å²) in [7, 11) is 0. The molecule has 0 aliphatic carbocycles. The molecule has 4 heteroatoms. The minimum Gasteiger partial charge on any atom is -0.258 e. The summed E-state index contributed by atoms with van der Waals surface area (Å²) in [4.78, 5) is 6.85. The number of nitrogens with zero attached hydrogens (tertiary/aromatic N) is 2. The summed E-state index contributed by atoms with van der Waals surface area (Å²) in [6, 6.07) is 0. The van der Waals surface area contributed by atoms with Crippen LogP contribution in [0, 0.1) is 0 Å². The van der Waals surface area contributed by atoms with Crippen molar-refractivity contribution in [2.45, 2.75) is 0 Å². The summed E-state index contributed by atoms with van der Waals surface area (Å²) < 4.78 is 13.9. The average Bonchev–Trinajstić information content (AvgIpc) is 1.84. The molecular formula is C4H2Cl2N2. The Balaban J connectivity index is 3.28. The molecule has 1 rings (SSSR count). The van der Waals surface area contributed by atoms with E-state index in [4.69, 9.17) is 25.9 Å². The van der Waals surface area contributed by atoms with Crippen molar-refractivity contribution in [3.63, 3.8) is 0 Å². The first-order valence-corrected chi connectivity index (χ1v) is 2.53. The van der Waals surface area contributed by atoms with Crippen molar-refractivity contribution in [2.24, 2.45) is 0 Å². The van der Waals surface area contributed by atoms with Crippen LogP contribution in [0.15, 0.2) is 12.3 Å². The van der Waals surface area contributed by atoms with Crippen LogP contribution < -0.4 is 0 Å². The Kier molecular flexibility index (Phi) is 1.04. The predicted octanol–water partition coefficient (Wildman–Crippen LogP) is 1.78. The molecule has 0 saturated heterocycles. The summed E-state index contributed by atoms with van der Waals surface area (Å²) in [5.74, 6) is 0. The molecule has 0 aliphatic heterocycles. The van der Waals surface area contributed by atoms with Crippen molar-refractivity contribution in [1.29, 1.82) is 0 Å². The molecule has 0 aromatic carbocycles. The molecule has 42 valence electrons. The van der Waals surface area contributed by atoms with Gasteiger partial charge in [0.1, 0.15) is 10.3 Å². The van der Waals surface area contributed by atoms with E-state index in [-0.39, 0.29) is 22.7 Å². The zero-order chi connectivity index (χ0) is 7.72. The average molecular weight is 151 g/mol. The van der Waals surface area contributed by atoms with Crippen molar-refractivity contribution in [2.75, 3.05) is 0 Å². The van der Waals surface area contributed by atoms with Gasteiger partial charge in [-0.15, -0.1) is 0 Å². The highest BCUT2D eigenvalue weighted by molar-refractivity contribution is 6.32. The zero-order valence-electron chi connectivity index (χ0n) is 5.65. The van der Waals surface area contributed by atoms with E-state index in [1.807, 2.05) is 0 Å². The maximum atomic E-state index is 6.97. The van der Waals surface area contributed by atoms with Gasteiger partial charge in [0.2, 0.25) is 0 Å². The van der Waals surface area contributed by atoms with E-state index in [1.165, 1.54) is 0 Å². The highest BCUT2D eigenvalue weighted by atomic mass is 35.5. The molecule has 0 radical (unpaired) electrons. The molecule has 0 bridgehead atoms. The van der Waals surface area contributed by atoms with E-state index in [0.29, 0.717) is 0 Å².